The molecule has 1 unspecified atom stereocenters. The Hall–Kier alpha value is -2.99. The van der Waals surface area contributed by atoms with Crippen molar-refractivity contribution in [1.29, 1.82) is 0 Å². The molecule has 11 nitrogen and oxygen atoms in total. The minimum Gasteiger partial charge on any atom is -0.508 e. The van der Waals surface area contributed by atoms with Crippen molar-refractivity contribution in [3.8, 4) is 11.5 Å². The van der Waals surface area contributed by atoms with E-state index in [9.17, 15) is 38.5 Å². The van der Waals surface area contributed by atoms with Gasteiger partial charge in [0, 0.05) is 24.2 Å². The van der Waals surface area contributed by atoms with Crippen LogP contribution in [0.2, 0.25) is 0 Å². The average molecular weight is 441 g/mol. The van der Waals surface area contributed by atoms with Gasteiger partial charge >= 0.3 is 5.97 Å². The Morgan fingerprint density at radius 1 is 1.40 bits per heavy atom. The van der Waals surface area contributed by atoms with Crippen LogP contribution in [0, 0.1) is 13.8 Å². The van der Waals surface area contributed by atoms with Gasteiger partial charge < -0.3 is 24.8 Å². The van der Waals surface area contributed by atoms with Crippen LogP contribution in [0.5, 0.6) is 11.5 Å². The number of carboxylic acids is 1. The van der Waals surface area contributed by atoms with Crippen molar-refractivity contribution < 1.29 is 38.5 Å². The standard InChI is InChI=1S/C18H23N3O8S/c1-8-5-11(22)10(3)13(14(8)24)16(25)20-19-7-18(4,30(28)29)15(17(26)27)21-9(2)6-12(21)23/h5,7,9,15,22,24H,6H2,1-4H3,(H,20,25)(H,26,27)(H,28,29)/b19-7+/t9-,15+,18+/m1/s1. The summed E-state index contributed by atoms with van der Waals surface area (Å²) in [6, 6.07) is -0.864. The highest BCUT2D eigenvalue weighted by molar-refractivity contribution is 7.81. The fourth-order valence-electron chi connectivity index (χ4n) is 3.28. The van der Waals surface area contributed by atoms with E-state index < -0.39 is 45.7 Å². The van der Waals surface area contributed by atoms with Gasteiger partial charge in [-0.3, -0.25) is 9.59 Å². The Balaban J connectivity index is 2.35. The maximum Gasteiger partial charge on any atom is 0.328 e. The first-order valence-corrected chi connectivity index (χ1v) is 9.95. The first-order chi connectivity index (χ1) is 13.8. The summed E-state index contributed by atoms with van der Waals surface area (Å²) in [4.78, 5) is 37.1. The van der Waals surface area contributed by atoms with Crippen LogP contribution in [0.1, 0.15) is 41.8 Å². The van der Waals surface area contributed by atoms with Crippen LogP contribution < -0.4 is 5.43 Å². The summed E-state index contributed by atoms with van der Waals surface area (Å²) in [5.41, 5.74) is 2.13. The maximum atomic E-state index is 12.4. The number of β-lactam (4-membered cyclic amide) rings is 1. The number of hydrogen-bond donors (Lipinski definition) is 5. The van der Waals surface area contributed by atoms with Crippen LogP contribution in [0.4, 0.5) is 0 Å². The van der Waals surface area contributed by atoms with Gasteiger partial charge in [-0.2, -0.15) is 5.10 Å². The first-order valence-electron chi connectivity index (χ1n) is 8.84. The van der Waals surface area contributed by atoms with Crippen molar-refractivity contribution in [3.05, 3.63) is 22.8 Å². The number of hydrazone groups is 1. The van der Waals surface area contributed by atoms with Crippen molar-refractivity contribution in [2.24, 2.45) is 5.10 Å². The molecule has 5 N–H and O–H groups in total. The summed E-state index contributed by atoms with van der Waals surface area (Å²) >= 11 is -2.78. The number of phenolic OH excluding ortho intramolecular Hbond substituents is 2. The summed E-state index contributed by atoms with van der Waals surface area (Å²) in [7, 11) is 0. The van der Waals surface area contributed by atoms with Gasteiger partial charge in [-0.15, -0.1) is 0 Å². The Bertz CT molecular complexity index is 937. The highest BCUT2D eigenvalue weighted by Crippen LogP contribution is 2.32. The van der Waals surface area contributed by atoms with Gasteiger partial charge in [0.25, 0.3) is 5.91 Å². The van der Waals surface area contributed by atoms with E-state index in [4.69, 9.17) is 0 Å². The van der Waals surface area contributed by atoms with E-state index in [0.717, 1.165) is 18.0 Å². The topological polar surface area (TPSA) is 177 Å². The third-order valence-electron chi connectivity index (χ3n) is 5.10. The monoisotopic (exact) mass is 441 g/mol. The molecule has 0 radical (unpaired) electrons. The van der Waals surface area contributed by atoms with E-state index in [1.54, 1.807) is 6.92 Å². The van der Waals surface area contributed by atoms with Crippen molar-refractivity contribution in [2.45, 2.75) is 50.9 Å². The summed E-state index contributed by atoms with van der Waals surface area (Å²) in [5.74, 6) is -3.52. The minimum atomic E-state index is -2.78. The van der Waals surface area contributed by atoms with Crippen LogP contribution in [0.25, 0.3) is 0 Å². The van der Waals surface area contributed by atoms with E-state index in [-0.39, 0.29) is 34.6 Å². The molecule has 1 heterocycles. The summed E-state index contributed by atoms with van der Waals surface area (Å²) < 4.78 is 19.7. The number of benzene rings is 1. The summed E-state index contributed by atoms with van der Waals surface area (Å²) in [5, 5.41) is 33.2. The van der Waals surface area contributed by atoms with E-state index in [1.807, 2.05) is 0 Å². The molecule has 2 rings (SSSR count). The molecule has 30 heavy (non-hydrogen) atoms. The number of aliphatic carboxylic acids is 1. The SMILES string of the molecule is Cc1cc(O)c(C)c(C(=O)N/N=C/[C@@](C)([C@H](C(=O)O)N2C(=O)C[C@H]2C)S(=O)O)c1O. The second-order valence-corrected chi connectivity index (χ2v) is 8.67. The van der Waals surface area contributed by atoms with Gasteiger partial charge in [0.15, 0.2) is 17.1 Å². The molecular weight excluding hydrogens is 418 g/mol. The first kappa shape index (κ1) is 23.3. The number of carboxylic acid groups (broad SMARTS) is 1. The molecule has 0 aromatic heterocycles. The zero-order valence-corrected chi connectivity index (χ0v) is 17.6. The molecule has 0 aliphatic carbocycles. The fourth-order valence-corrected chi connectivity index (χ4v) is 3.83. The van der Waals surface area contributed by atoms with Crippen molar-refractivity contribution in [2.75, 3.05) is 0 Å². The molecule has 164 valence electrons. The van der Waals surface area contributed by atoms with Crippen LogP contribution in [-0.4, -0.2) is 69.8 Å². The highest BCUT2D eigenvalue weighted by Gasteiger charge is 2.53. The number of phenols is 2. The number of carbonyl (C=O) groups excluding carboxylic acids is 2. The molecular formula is C18H23N3O8S. The second-order valence-electron chi connectivity index (χ2n) is 7.29. The predicted octanol–water partition coefficient (Wildman–Crippen LogP) is 0.485. The van der Waals surface area contributed by atoms with E-state index >= 15 is 0 Å². The lowest BCUT2D eigenvalue weighted by molar-refractivity contribution is -0.161. The number of aryl methyl sites for hydroxylation is 1. The minimum absolute atomic E-state index is 0.0858. The molecule has 4 atom stereocenters. The molecule has 1 aromatic rings. The number of likely N-dealkylation sites (tertiary alicyclic amines) is 1. The normalized spacial score (nSPS) is 20.4. The number of hydrogen-bond acceptors (Lipinski definition) is 7. The number of nitrogens with zero attached hydrogens (tertiary/aromatic N) is 2. The van der Waals surface area contributed by atoms with Crippen molar-refractivity contribution >= 4 is 35.1 Å². The number of amides is 2. The maximum absolute atomic E-state index is 12.4. The van der Waals surface area contributed by atoms with Gasteiger partial charge in [-0.1, -0.05) is 0 Å². The van der Waals surface area contributed by atoms with Crippen LogP contribution in [-0.2, 0) is 20.7 Å². The summed E-state index contributed by atoms with van der Waals surface area (Å²) in [6.45, 7) is 5.60. The third-order valence-corrected chi connectivity index (χ3v) is 6.18. The van der Waals surface area contributed by atoms with Gasteiger partial charge in [-0.25, -0.2) is 14.4 Å². The number of aromatic hydroxyl groups is 2. The van der Waals surface area contributed by atoms with Gasteiger partial charge in [0.1, 0.15) is 16.2 Å². The fraction of sp³-hybridized carbons (Fsp3) is 0.444. The van der Waals surface area contributed by atoms with Crippen LogP contribution in [0.15, 0.2) is 11.2 Å². The Kier molecular flexibility index (Phi) is 6.52. The lowest BCUT2D eigenvalue weighted by atomic mass is 9.92. The number of rotatable bonds is 7. The quantitative estimate of drug-likeness (QED) is 0.133. The van der Waals surface area contributed by atoms with Gasteiger partial charge in [0.05, 0.1) is 5.56 Å². The van der Waals surface area contributed by atoms with Gasteiger partial charge in [0.2, 0.25) is 5.91 Å². The van der Waals surface area contributed by atoms with Crippen molar-refractivity contribution in [3.63, 3.8) is 0 Å². The van der Waals surface area contributed by atoms with Crippen LogP contribution >= 0.6 is 0 Å². The molecule has 1 aromatic carbocycles. The predicted molar refractivity (Wildman–Crippen MR) is 107 cm³/mol. The molecule has 2 amide bonds. The van der Waals surface area contributed by atoms with Crippen molar-refractivity contribution in [1.82, 2.24) is 10.3 Å². The average Bonchev–Trinajstić information content (AvgIpc) is 2.64. The third kappa shape index (κ3) is 4.00. The zero-order valence-electron chi connectivity index (χ0n) is 16.7. The highest BCUT2D eigenvalue weighted by atomic mass is 32.2. The molecule has 12 heteroatoms. The molecule has 1 aliphatic rings. The second kappa shape index (κ2) is 8.40. The summed E-state index contributed by atoms with van der Waals surface area (Å²) in [6.07, 6.45) is 0.890. The van der Waals surface area contributed by atoms with E-state index in [2.05, 4.69) is 10.5 Å². The Morgan fingerprint density at radius 3 is 2.47 bits per heavy atom. The lowest BCUT2D eigenvalue weighted by Gasteiger charge is -2.46. The number of nitrogens with one attached hydrogen (secondary N) is 1. The smallest absolute Gasteiger partial charge is 0.328 e. The van der Waals surface area contributed by atoms with Gasteiger partial charge in [-0.05, 0) is 39.3 Å². The zero-order chi connectivity index (χ0) is 23.0. The van der Waals surface area contributed by atoms with E-state index in [1.165, 1.54) is 19.9 Å². The lowest BCUT2D eigenvalue weighted by Crippen LogP contribution is -2.67. The number of carbonyl (C=O) groups is 3. The molecule has 0 spiro atoms. The van der Waals surface area contributed by atoms with Crippen LogP contribution in [0.3, 0.4) is 0 Å². The largest absolute Gasteiger partial charge is 0.508 e. The molecule has 1 saturated heterocycles. The molecule has 0 bridgehead atoms. The van der Waals surface area contributed by atoms with E-state index in [0.29, 0.717) is 0 Å². The Labute approximate surface area is 174 Å². The Morgan fingerprint density at radius 2 is 2.00 bits per heavy atom. The molecule has 0 saturated carbocycles. The molecule has 1 fully saturated rings. The molecule has 1 aliphatic heterocycles.